The third kappa shape index (κ3) is 4.46. The fourth-order valence-electron chi connectivity index (χ4n) is 3.10. The molecule has 1 N–H and O–H groups in total. The van der Waals surface area contributed by atoms with Crippen LogP contribution >= 0.6 is 0 Å². The molecular weight excluding hydrogens is 414 g/mol. The predicted octanol–water partition coefficient (Wildman–Crippen LogP) is 4.31. The number of pyridine rings is 1. The predicted molar refractivity (Wildman–Crippen MR) is 116 cm³/mol. The molecule has 0 aliphatic carbocycles. The zero-order chi connectivity index (χ0) is 23.3. The lowest BCUT2D eigenvalue weighted by Crippen LogP contribution is -2.22. The summed E-state index contributed by atoms with van der Waals surface area (Å²) >= 11 is 0. The number of azo groups is 1. The van der Waals surface area contributed by atoms with E-state index in [0.717, 1.165) is 10.1 Å². The van der Waals surface area contributed by atoms with Crippen molar-refractivity contribution >= 4 is 17.1 Å². The fraction of sp³-hybridized carbons (Fsp3) is 0.182. The van der Waals surface area contributed by atoms with Crippen LogP contribution in [0.4, 0.5) is 17.1 Å². The van der Waals surface area contributed by atoms with E-state index >= 15 is 0 Å². The molecule has 0 saturated heterocycles. The Morgan fingerprint density at radius 1 is 1.19 bits per heavy atom. The monoisotopic (exact) mass is 433 g/mol. The Morgan fingerprint density at radius 2 is 1.88 bits per heavy atom. The average molecular weight is 433 g/mol. The van der Waals surface area contributed by atoms with E-state index in [-0.39, 0.29) is 34.7 Å². The van der Waals surface area contributed by atoms with Gasteiger partial charge in [-0.25, -0.2) is 0 Å². The Hall–Kier alpha value is -4.52. The molecule has 0 aliphatic rings. The first-order valence-corrected chi connectivity index (χ1v) is 9.52. The summed E-state index contributed by atoms with van der Waals surface area (Å²) in [6.07, 6.45) is 0.395. The third-order valence-corrected chi connectivity index (χ3v) is 4.89. The number of nitriles is 1. The van der Waals surface area contributed by atoms with E-state index in [1.165, 1.54) is 25.1 Å². The standard InChI is InChI=1S/C22H19N5O5/c1-14-17(13-23)21(28)26(12-11-15-7-9-16(32-2)10-8-15)22(29)20(14)25-24-18-5-3-4-6-19(18)27(30)31/h3-10,28H,11-12H2,1-2H3. The lowest BCUT2D eigenvalue weighted by Gasteiger charge is -2.13. The number of aryl methyl sites for hydroxylation is 1. The van der Waals surface area contributed by atoms with Gasteiger partial charge in [-0.2, -0.15) is 5.26 Å². The van der Waals surface area contributed by atoms with E-state index in [1.807, 2.05) is 18.2 Å². The number of methoxy groups -OCH3 is 1. The number of hydrogen-bond donors (Lipinski definition) is 1. The van der Waals surface area contributed by atoms with Gasteiger partial charge in [0.25, 0.3) is 11.2 Å². The molecule has 0 fully saturated rings. The number of benzene rings is 2. The lowest BCUT2D eigenvalue weighted by molar-refractivity contribution is -0.384. The molecule has 3 rings (SSSR count). The summed E-state index contributed by atoms with van der Waals surface area (Å²) in [7, 11) is 1.56. The number of hydrogen-bond acceptors (Lipinski definition) is 8. The van der Waals surface area contributed by atoms with Crippen LogP contribution in [0, 0.1) is 28.4 Å². The van der Waals surface area contributed by atoms with Crippen LogP contribution in [0.25, 0.3) is 0 Å². The summed E-state index contributed by atoms with van der Waals surface area (Å²) in [4.78, 5) is 23.6. The van der Waals surface area contributed by atoms with E-state index in [4.69, 9.17) is 4.74 Å². The highest BCUT2D eigenvalue weighted by molar-refractivity contribution is 5.59. The van der Waals surface area contributed by atoms with Crippen LogP contribution in [0.5, 0.6) is 11.6 Å². The van der Waals surface area contributed by atoms with Gasteiger partial charge in [0.2, 0.25) is 5.88 Å². The maximum atomic E-state index is 13.0. The van der Waals surface area contributed by atoms with Gasteiger partial charge >= 0.3 is 0 Å². The van der Waals surface area contributed by atoms with Crippen molar-refractivity contribution in [2.24, 2.45) is 10.2 Å². The van der Waals surface area contributed by atoms with Gasteiger partial charge in [-0.3, -0.25) is 19.5 Å². The molecule has 0 radical (unpaired) electrons. The van der Waals surface area contributed by atoms with E-state index < -0.39 is 16.4 Å². The Bertz CT molecular complexity index is 1290. The van der Waals surface area contributed by atoms with Crippen molar-refractivity contribution in [2.45, 2.75) is 19.9 Å². The molecule has 10 heteroatoms. The summed E-state index contributed by atoms with van der Waals surface area (Å²) < 4.78 is 6.16. The molecule has 0 amide bonds. The maximum Gasteiger partial charge on any atom is 0.296 e. The Morgan fingerprint density at radius 3 is 2.50 bits per heavy atom. The molecule has 0 spiro atoms. The normalized spacial score (nSPS) is 10.8. The highest BCUT2D eigenvalue weighted by Crippen LogP contribution is 2.30. The van der Waals surface area contributed by atoms with Crippen molar-refractivity contribution in [3.8, 4) is 17.7 Å². The molecule has 162 valence electrons. The van der Waals surface area contributed by atoms with Crippen LogP contribution in [-0.2, 0) is 13.0 Å². The largest absolute Gasteiger partial charge is 0.497 e. The minimum Gasteiger partial charge on any atom is -0.497 e. The first kappa shape index (κ1) is 22.2. The highest BCUT2D eigenvalue weighted by atomic mass is 16.6. The van der Waals surface area contributed by atoms with Crippen LogP contribution in [0.2, 0.25) is 0 Å². The van der Waals surface area contributed by atoms with Gasteiger partial charge in [0, 0.05) is 18.2 Å². The highest BCUT2D eigenvalue weighted by Gasteiger charge is 2.20. The molecule has 3 aromatic rings. The minimum atomic E-state index is -0.658. The summed E-state index contributed by atoms with van der Waals surface area (Å²) in [5.41, 5.74) is -0.226. The molecule has 1 aromatic heterocycles. The van der Waals surface area contributed by atoms with Gasteiger partial charge in [0.1, 0.15) is 17.4 Å². The van der Waals surface area contributed by atoms with Gasteiger partial charge in [-0.05, 0) is 37.1 Å². The number of ether oxygens (including phenoxy) is 1. The smallest absolute Gasteiger partial charge is 0.296 e. The van der Waals surface area contributed by atoms with E-state index in [2.05, 4.69) is 10.2 Å². The zero-order valence-electron chi connectivity index (χ0n) is 17.3. The molecule has 32 heavy (non-hydrogen) atoms. The van der Waals surface area contributed by atoms with Crippen LogP contribution in [0.1, 0.15) is 16.7 Å². The molecule has 0 aliphatic heterocycles. The summed E-state index contributed by atoms with van der Waals surface area (Å²) in [5, 5.41) is 38.9. The van der Waals surface area contributed by atoms with E-state index in [9.17, 15) is 25.3 Å². The summed E-state index contributed by atoms with van der Waals surface area (Å²) in [5.74, 6) is 0.224. The second kappa shape index (κ2) is 9.53. The molecule has 10 nitrogen and oxygen atoms in total. The SMILES string of the molecule is COc1ccc(CCn2c(O)c(C#N)c(C)c(N=Nc3ccccc3[N+](=O)[O-])c2=O)cc1. The van der Waals surface area contributed by atoms with Crippen LogP contribution in [0.3, 0.4) is 0 Å². The summed E-state index contributed by atoms with van der Waals surface area (Å²) in [6, 6.07) is 14.8. The van der Waals surface area contributed by atoms with Crippen LogP contribution < -0.4 is 10.3 Å². The van der Waals surface area contributed by atoms with Crippen molar-refractivity contribution in [2.75, 3.05) is 7.11 Å². The van der Waals surface area contributed by atoms with Crippen molar-refractivity contribution in [1.29, 1.82) is 5.26 Å². The quantitative estimate of drug-likeness (QED) is 0.334. The average Bonchev–Trinajstić information content (AvgIpc) is 2.79. The first-order chi connectivity index (χ1) is 15.4. The van der Waals surface area contributed by atoms with Gasteiger partial charge in [0.15, 0.2) is 11.4 Å². The van der Waals surface area contributed by atoms with Crippen LogP contribution in [0.15, 0.2) is 63.6 Å². The van der Waals surface area contributed by atoms with E-state index in [0.29, 0.717) is 12.2 Å². The van der Waals surface area contributed by atoms with Crippen molar-refractivity contribution < 1.29 is 14.8 Å². The minimum absolute atomic E-state index is 0.0346. The molecule has 0 unspecified atom stereocenters. The number of aromatic hydroxyl groups is 1. The van der Waals surface area contributed by atoms with Gasteiger partial charge < -0.3 is 9.84 Å². The number of nitro groups is 1. The zero-order valence-corrected chi connectivity index (χ0v) is 17.3. The number of nitro benzene ring substituents is 1. The maximum absolute atomic E-state index is 13.0. The fourth-order valence-corrected chi connectivity index (χ4v) is 3.10. The second-order valence-corrected chi connectivity index (χ2v) is 6.78. The van der Waals surface area contributed by atoms with Gasteiger partial charge in [-0.1, -0.05) is 24.3 Å². The first-order valence-electron chi connectivity index (χ1n) is 9.52. The van der Waals surface area contributed by atoms with Crippen molar-refractivity contribution in [3.05, 3.63) is 85.7 Å². The Kier molecular flexibility index (Phi) is 6.60. The van der Waals surface area contributed by atoms with Crippen molar-refractivity contribution in [3.63, 3.8) is 0 Å². The van der Waals surface area contributed by atoms with E-state index in [1.54, 1.807) is 25.3 Å². The third-order valence-electron chi connectivity index (χ3n) is 4.89. The van der Waals surface area contributed by atoms with Gasteiger partial charge in [0.05, 0.1) is 12.0 Å². The number of nitrogens with zero attached hydrogens (tertiary/aromatic N) is 5. The number of para-hydroxylation sites is 1. The molecule has 0 bridgehead atoms. The number of aromatic nitrogens is 1. The topological polar surface area (TPSA) is 143 Å². The Labute approximate surface area is 182 Å². The molecule has 1 heterocycles. The number of rotatable bonds is 7. The summed E-state index contributed by atoms with van der Waals surface area (Å²) in [6.45, 7) is 1.54. The van der Waals surface area contributed by atoms with Gasteiger partial charge in [-0.15, -0.1) is 10.2 Å². The Balaban J connectivity index is 2.01. The van der Waals surface area contributed by atoms with Crippen molar-refractivity contribution in [1.82, 2.24) is 4.57 Å². The molecule has 0 atom stereocenters. The molecule has 2 aromatic carbocycles. The lowest BCUT2D eigenvalue weighted by atomic mass is 10.1. The molecule has 0 saturated carbocycles. The second-order valence-electron chi connectivity index (χ2n) is 6.78. The molecular formula is C22H19N5O5. The van der Waals surface area contributed by atoms with Crippen LogP contribution in [-0.4, -0.2) is 21.7 Å².